The van der Waals surface area contributed by atoms with Crippen molar-refractivity contribution in [2.45, 2.75) is 31.7 Å². The normalized spacial score (nSPS) is 13.4. The largest absolute Gasteiger partial charge is 0.467 e. The van der Waals surface area contributed by atoms with Crippen LogP contribution in [0.15, 0.2) is 56.7 Å². The lowest BCUT2D eigenvalue weighted by Gasteiger charge is -2.07. The number of hydrogen-bond donors (Lipinski definition) is 4. The molecule has 0 saturated heterocycles. The minimum Gasteiger partial charge on any atom is -0.467 e. The molecule has 2 aromatic rings. The lowest BCUT2D eigenvalue weighted by Crippen LogP contribution is -2.00. The van der Waals surface area contributed by atoms with Crippen LogP contribution in [0.3, 0.4) is 0 Å². The molecule has 0 aliphatic carbocycles. The van der Waals surface area contributed by atoms with Gasteiger partial charge in [-0.2, -0.15) is 0 Å². The van der Waals surface area contributed by atoms with Gasteiger partial charge in [0.15, 0.2) is 0 Å². The third kappa shape index (κ3) is 4.96. The van der Waals surface area contributed by atoms with Crippen LogP contribution >= 0.6 is 0 Å². The topological polar surface area (TPSA) is 107 Å². The van der Waals surface area contributed by atoms with Gasteiger partial charge in [0.1, 0.15) is 36.1 Å². The highest BCUT2D eigenvalue weighted by Gasteiger charge is 2.13. The molecule has 0 radical (unpaired) electrons. The zero-order chi connectivity index (χ0) is 16.7. The molecule has 0 aliphatic heterocycles. The average molecular weight is 320 g/mol. The Kier molecular flexibility index (Phi) is 6.40. The Balaban J connectivity index is 1.95. The molecule has 2 rings (SSSR count). The molecule has 124 valence electrons. The van der Waals surface area contributed by atoms with E-state index < -0.39 is 12.2 Å². The predicted molar refractivity (Wildman–Crippen MR) is 81.2 cm³/mol. The van der Waals surface area contributed by atoms with E-state index in [9.17, 15) is 15.3 Å². The van der Waals surface area contributed by atoms with Gasteiger partial charge in [-0.3, -0.25) is 0 Å². The highest BCUT2D eigenvalue weighted by atomic mass is 16.4. The van der Waals surface area contributed by atoms with E-state index >= 15 is 0 Å². The molecule has 0 aliphatic rings. The SMILES string of the molecule is OCC(=C=CC[C@@H](O)c1ccc(CO)o1)C[C@@H](O)c1ccco1. The summed E-state index contributed by atoms with van der Waals surface area (Å²) in [5.74, 6) is 1.16. The minimum atomic E-state index is -0.863. The first kappa shape index (κ1) is 17.3. The van der Waals surface area contributed by atoms with Crippen molar-refractivity contribution in [3.8, 4) is 0 Å². The van der Waals surface area contributed by atoms with Gasteiger partial charge in [-0.25, -0.2) is 0 Å². The van der Waals surface area contributed by atoms with Crippen molar-refractivity contribution in [3.05, 3.63) is 65.2 Å². The first-order valence-electron chi connectivity index (χ1n) is 7.26. The van der Waals surface area contributed by atoms with Gasteiger partial charge in [0.25, 0.3) is 0 Å². The molecule has 0 spiro atoms. The predicted octanol–water partition coefficient (Wildman–Crippen LogP) is 1.99. The summed E-state index contributed by atoms with van der Waals surface area (Å²) in [6, 6.07) is 6.53. The lowest BCUT2D eigenvalue weighted by atomic mass is 10.1. The molecule has 23 heavy (non-hydrogen) atoms. The Morgan fingerprint density at radius 1 is 1.13 bits per heavy atom. The fourth-order valence-corrected chi connectivity index (χ4v) is 2.07. The van der Waals surface area contributed by atoms with E-state index in [-0.39, 0.29) is 26.1 Å². The van der Waals surface area contributed by atoms with Gasteiger partial charge in [0.2, 0.25) is 0 Å². The molecule has 4 N–H and O–H groups in total. The van der Waals surface area contributed by atoms with Crippen molar-refractivity contribution in [1.29, 1.82) is 0 Å². The second-order valence-corrected chi connectivity index (χ2v) is 5.06. The molecule has 2 heterocycles. The number of rotatable bonds is 8. The first-order chi connectivity index (χ1) is 11.1. The summed E-state index contributed by atoms with van der Waals surface area (Å²) < 4.78 is 10.3. The van der Waals surface area contributed by atoms with Crippen LogP contribution in [0.5, 0.6) is 0 Å². The Labute approximate surface area is 133 Å². The Morgan fingerprint density at radius 3 is 2.57 bits per heavy atom. The van der Waals surface area contributed by atoms with E-state index in [1.165, 1.54) is 6.26 Å². The van der Waals surface area contributed by atoms with Crippen molar-refractivity contribution in [1.82, 2.24) is 0 Å². The van der Waals surface area contributed by atoms with Gasteiger partial charge in [-0.1, -0.05) is 0 Å². The maximum absolute atomic E-state index is 9.96. The van der Waals surface area contributed by atoms with Crippen LogP contribution in [0.1, 0.15) is 42.3 Å². The molecule has 6 nitrogen and oxygen atoms in total. The Morgan fingerprint density at radius 2 is 1.96 bits per heavy atom. The van der Waals surface area contributed by atoms with Gasteiger partial charge in [0.05, 0.1) is 12.9 Å². The molecule has 0 bridgehead atoms. The Bertz CT molecular complexity index is 648. The van der Waals surface area contributed by atoms with E-state index in [0.717, 1.165) is 0 Å². The van der Waals surface area contributed by atoms with Crippen molar-refractivity contribution < 1.29 is 29.3 Å². The fourth-order valence-electron chi connectivity index (χ4n) is 2.07. The summed E-state index contributed by atoms with van der Waals surface area (Å²) >= 11 is 0. The van der Waals surface area contributed by atoms with Crippen LogP contribution < -0.4 is 0 Å². The molecule has 2 atom stereocenters. The molecule has 0 aromatic carbocycles. The summed E-state index contributed by atoms with van der Waals surface area (Å²) in [7, 11) is 0. The van der Waals surface area contributed by atoms with E-state index in [0.29, 0.717) is 22.9 Å². The third-order valence-electron chi connectivity index (χ3n) is 3.32. The van der Waals surface area contributed by atoms with Crippen LogP contribution in [-0.2, 0) is 6.61 Å². The highest BCUT2D eigenvalue weighted by molar-refractivity contribution is 5.12. The third-order valence-corrected chi connectivity index (χ3v) is 3.32. The standard InChI is InChI=1S/C17H20O6/c18-10-12(9-15(21)16-5-2-8-22-16)3-1-4-14(20)17-7-6-13(11-19)23-17/h1-2,5-8,14-15,18-21H,4,9-11H2/t3?,14-,15-/m1/s1. The van der Waals surface area contributed by atoms with Crippen molar-refractivity contribution in [2.24, 2.45) is 0 Å². The van der Waals surface area contributed by atoms with Crippen LogP contribution in [0.4, 0.5) is 0 Å². The summed E-state index contributed by atoms with van der Waals surface area (Å²) in [6.45, 7) is -0.471. The number of hydrogen-bond acceptors (Lipinski definition) is 6. The van der Waals surface area contributed by atoms with Crippen molar-refractivity contribution in [3.63, 3.8) is 0 Å². The van der Waals surface area contributed by atoms with E-state index in [4.69, 9.17) is 13.9 Å². The van der Waals surface area contributed by atoms with E-state index in [1.54, 1.807) is 30.3 Å². The summed E-state index contributed by atoms with van der Waals surface area (Å²) in [6.07, 6.45) is 1.75. The zero-order valence-corrected chi connectivity index (χ0v) is 12.6. The molecule has 0 unspecified atom stereocenters. The van der Waals surface area contributed by atoms with Crippen LogP contribution in [0, 0.1) is 0 Å². The molecule has 0 saturated carbocycles. The first-order valence-corrected chi connectivity index (χ1v) is 7.26. The average Bonchev–Trinajstić information content (AvgIpc) is 3.24. The smallest absolute Gasteiger partial charge is 0.133 e. The van der Waals surface area contributed by atoms with Crippen LogP contribution in [-0.4, -0.2) is 27.0 Å². The fraction of sp³-hybridized carbons (Fsp3) is 0.353. The number of aliphatic hydroxyl groups excluding tert-OH is 4. The van der Waals surface area contributed by atoms with Crippen molar-refractivity contribution in [2.75, 3.05) is 6.61 Å². The molecule has 6 heteroatoms. The number of furan rings is 2. The van der Waals surface area contributed by atoms with Crippen LogP contribution in [0.25, 0.3) is 0 Å². The summed E-state index contributed by atoms with van der Waals surface area (Å²) in [5.41, 5.74) is 3.37. The molecule has 2 aromatic heterocycles. The maximum Gasteiger partial charge on any atom is 0.133 e. The van der Waals surface area contributed by atoms with Crippen LogP contribution in [0.2, 0.25) is 0 Å². The second kappa shape index (κ2) is 8.53. The molecule has 0 fully saturated rings. The van der Waals surface area contributed by atoms with Gasteiger partial charge in [-0.05, 0) is 35.9 Å². The van der Waals surface area contributed by atoms with E-state index in [1.807, 2.05) is 0 Å². The lowest BCUT2D eigenvalue weighted by molar-refractivity contribution is 0.144. The van der Waals surface area contributed by atoms with E-state index in [2.05, 4.69) is 5.73 Å². The zero-order valence-electron chi connectivity index (χ0n) is 12.6. The van der Waals surface area contributed by atoms with Gasteiger partial charge < -0.3 is 29.3 Å². The quantitative estimate of drug-likeness (QED) is 0.554. The second-order valence-electron chi connectivity index (χ2n) is 5.06. The monoisotopic (exact) mass is 320 g/mol. The van der Waals surface area contributed by atoms with Gasteiger partial charge in [-0.15, -0.1) is 5.73 Å². The highest BCUT2D eigenvalue weighted by Crippen LogP contribution is 2.22. The molecular weight excluding hydrogens is 300 g/mol. The summed E-state index contributed by atoms with van der Waals surface area (Å²) in [4.78, 5) is 0. The van der Waals surface area contributed by atoms with Crippen molar-refractivity contribution >= 4 is 0 Å². The maximum atomic E-state index is 9.96. The summed E-state index contributed by atoms with van der Waals surface area (Å²) in [5, 5.41) is 38.2. The van der Waals surface area contributed by atoms with Gasteiger partial charge in [0, 0.05) is 12.8 Å². The minimum absolute atomic E-state index is 0.187. The van der Waals surface area contributed by atoms with Gasteiger partial charge >= 0.3 is 0 Å². The molecule has 0 amide bonds. The Hall–Kier alpha value is -2.08. The molecular formula is C17H20O6. The number of aliphatic hydroxyl groups is 4.